The summed E-state index contributed by atoms with van der Waals surface area (Å²) in [5.41, 5.74) is 1.18. The van der Waals surface area contributed by atoms with E-state index in [1.807, 2.05) is 0 Å². The van der Waals surface area contributed by atoms with E-state index < -0.39 is 6.36 Å². The van der Waals surface area contributed by atoms with Crippen molar-refractivity contribution >= 4 is 29.9 Å². The molecule has 9 heteroatoms. The molecular weight excluding hydrogens is 465 g/mol. The Morgan fingerprint density at radius 2 is 1.62 bits per heavy atom. The van der Waals surface area contributed by atoms with Gasteiger partial charge < -0.3 is 15.4 Å². The third-order valence-corrected chi connectivity index (χ3v) is 3.24. The van der Waals surface area contributed by atoms with E-state index in [-0.39, 0.29) is 42.1 Å². The van der Waals surface area contributed by atoms with Crippen LogP contribution in [-0.4, -0.2) is 19.4 Å². The largest absolute Gasteiger partial charge is 0.573 e. The highest BCUT2D eigenvalue weighted by atomic mass is 127. The second kappa shape index (κ2) is 10.2. The Bertz CT molecular complexity index is 721. The summed E-state index contributed by atoms with van der Waals surface area (Å²) in [4.78, 5) is 4.00. The predicted octanol–water partition coefficient (Wildman–Crippen LogP) is 4.21. The van der Waals surface area contributed by atoms with Crippen LogP contribution in [0.5, 0.6) is 5.75 Å². The topological polar surface area (TPSA) is 45.7 Å². The second-order valence-corrected chi connectivity index (χ2v) is 5.06. The van der Waals surface area contributed by atoms with Crippen molar-refractivity contribution in [3.05, 3.63) is 65.5 Å². The average molecular weight is 483 g/mol. The van der Waals surface area contributed by atoms with E-state index in [4.69, 9.17) is 0 Å². The van der Waals surface area contributed by atoms with Crippen LogP contribution >= 0.6 is 24.0 Å². The highest BCUT2D eigenvalue weighted by Crippen LogP contribution is 2.26. The van der Waals surface area contributed by atoms with Crippen molar-refractivity contribution in [3.8, 4) is 5.75 Å². The summed E-state index contributed by atoms with van der Waals surface area (Å²) in [5, 5.41) is 5.91. The molecule has 2 N–H and O–H groups in total. The van der Waals surface area contributed by atoms with E-state index in [2.05, 4.69) is 20.4 Å². The van der Waals surface area contributed by atoms with Gasteiger partial charge in [-0.25, -0.2) is 4.39 Å². The molecule has 2 aromatic rings. The smallest absolute Gasteiger partial charge is 0.405 e. The first-order valence-corrected chi connectivity index (χ1v) is 7.40. The Morgan fingerprint density at radius 3 is 2.23 bits per heavy atom. The normalized spacial score (nSPS) is 11.5. The number of nitrogens with one attached hydrogen (secondary N) is 2. The zero-order valence-electron chi connectivity index (χ0n) is 13.8. The molecule has 0 spiro atoms. The lowest BCUT2D eigenvalue weighted by Crippen LogP contribution is -2.36. The van der Waals surface area contributed by atoms with Crippen LogP contribution in [-0.2, 0) is 13.1 Å². The van der Waals surface area contributed by atoms with Gasteiger partial charge in [0.15, 0.2) is 5.96 Å². The van der Waals surface area contributed by atoms with Gasteiger partial charge in [-0.05, 0) is 23.8 Å². The molecule has 26 heavy (non-hydrogen) atoms. The van der Waals surface area contributed by atoms with Gasteiger partial charge in [-0.1, -0.05) is 30.3 Å². The molecule has 0 amide bonds. The van der Waals surface area contributed by atoms with E-state index in [1.165, 1.54) is 37.4 Å². The Hall–Kier alpha value is -2.04. The van der Waals surface area contributed by atoms with Crippen LogP contribution in [0.3, 0.4) is 0 Å². The number of halogens is 5. The van der Waals surface area contributed by atoms with E-state index in [0.717, 1.165) is 5.56 Å². The molecule has 0 aliphatic carbocycles. The summed E-state index contributed by atoms with van der Waals surface area (Å²) < 4.78 is 54.1. The van der Waals surface area contributed by atoms with E-state index in [0.29, 0.717) is 18.1 Å². The van der Waals surface area contributed by atoms with Gasteiger partial charge in [-0.15, -0.1) is 37.1 Å². The van der Waals surface area contributed by atoms with E-state index in [1.54, 1.807) is 18.2 Å². The summed E-state index contributed by atoms with van der Waals surface area (Å²) in [6, 6.07) is 11.8. The van der Waals surface area contributed by atoms with Gasteiger partial charge in [-0.2, -0.15) is 0 Å². The van der Waals surface area contributed by atoms with Crippen LogP contribution in [0, 0.1) is 5.82 Å². The first kappa shape index (κ1) is 22.0. The number of hydrogen-bond acceptors (Lipinski definition) is 2. The molecule has 142 valence electrons. The van der Waals surface area contributed by atoms with Gasteiger partial charge >= 0.3 is 6.36 Å². The third-order valence-electron chi connectivity index (χ3n) is 3.24. The zero-order chi connectivity index (χ0) is 18.3. The fourth-order valence-corrected chi connectivity index (χ4v) is 2.06. The van der Waals surface area contributed by atoms with Gasteiger partial charge in [0.1, 0.15) is 11.6 Å². The lowest BCUT2D eigenvalue weighted by Gasteiger charge is -2.15. The van der Waals surface area contributed by atoms with Crippen LogP contribution in [0.15, 0.2) is 53.5 Å². The molecule has 0 unspecified atom stereocenters. The Balaban J connectivity index is 0.00000338. The number of benzene rings is 2. The minimum Gasteiger partial charge on any atom is -0.405 e. The predicted molar refractivity (Wildman–Crippen MR) is 102 cm³/mol. The Morgan fingerprint density at radius 1 is 1.00 bits per heavy atom. The van der Waals surface area contributed by atoms with E-state index >= 15 is 0 Å². The molecule has 0 bridgehead atoms. The number of guanidine groups is 1. The molecule has 0 radical (unpaired) electrons. The summed E-state index contributed by atoms with van der Waals surface area (Å²) in [5.74, 6) is -0.199. The first-order chi connectivity index (χ1) is 11.9. The minimum absolute atomic E-state index is 0. The van der Waals surface area contributed by atoms with Crippen molar-refractivity contribution < 1.29 is 22.3 Å². The highest BCUT2D eigenvalue weighted by molar-refractivity contribution is 14.0. The van der Waals surface area contributed by atoms with Crippen LogP contribution in [0.2, 0.25) is 0 Å². The van der Waals surface area contributed by atoms with Gasteiger partial charge in [0.2, 0.25) is 0 Å². The standard InChI is InChI=1S/C17H17F4N3O.HI/c1-22-16(23-10-12-6-8-14(18)9-7-12)24-11-13-4-2-3-5-15(13)25-17(19,20)21;/h2-9H,10-11H2,1H3,(H2,22,23,24);1H. The first-order valence-electron chi connectivity index (χ1n) is 7.40. The molecule has 2 rings (SSSR count). The average Bonchev–Trinajstić information content (AvgIpc) is 2.56. The van der Waals surface area contributed by atoms with Crippen molar-refractivity contribution in [2.75, 3.05) is 7.05 Å². The van der Waals surface area contributed by atoms with Crippen molar-refractivity contribution in [2.24, 2.45) is 4.99 Å². The molecule has 0 heterocycles. The number of aliphatic imine (C=N–C) groups is 1. The molecular formula is C17H18F4IN3O. The Kier molecular flexibility index (Phi) is 8.62. The van der Waals surface area contributed by atoms with E-state index in [9.17, 15) is 17.6 Å². The van der Waals surface area contributed by atoms with Crippen molar-refractivity contribution in [1.29, 1.82) is 0 Å². The lowest BCUT2D eigenvalue weighted by atomic mass is 10.2. The lowest BCUT2D eigenvalue weighted by molar-refractivity contribution is -0.274. The Labute approximate surface area is 165 Å². The molecule has 0 aliphatic rings. The maximum atomic E-state index is 12.9. The zero-order valence-corrected chi connectivity index (χ0v) is 16.1. The fraction of sp³-hybridized carbons (Fsp3) is 0.235. The number of nitrogens with zero attached hydrogens (tertiary/aromatic N) is 1. The SMILES string of the molecule is CN=C(NCc1ccc(F)cc1)NCc1ccccc1OC(F)(F)F.I. The number of rotatable bonds is 5. The van der Waals surface area contributed by atoms with Crippen LogP contribution in [0.1, 0.15) is 11.1 Å². The van der Waals surface area contributed by atoms with Crippen LogP contribution in [0.25, 0.3) is 0 Å². The molecule has 0 atom stereocenters. The molecule has 2 aromatic carbocycles. The van der Waals surface area contributed by atoms with Crippen LogP contribution in [0.4, 0.5) is 17.6 Å². The third kappa shape index (κ3) is 7.46. The fourth-order valence-electron chi connectivity index (χ4n) is 2.06. The summed E-state index contributed by atoms with van der Waals surface area (Å²) in [6.07, 6.45) is -4.75. The maximum Gasteiger partial charge on any atom is 0.573 e. The minimum atomic E-state index is -4.75. The van der Waals surface area contributed by atoms with Crippen molar-refractivity contribution in [3.63, 3.8) is 0 Å². The number of hydrogen-bond donors (Lipinski definition) is 2. The molecule has 0 fully saturated rings. The van der Waals surface area contributed by atoms with Crippen LogP contribution < -0.4 is 15.4 Å². The molecule has 4 nitrogen and oxygen atoms in total. The van der Waals surface area contributed by atoms with Gasteiger partial charge in [0.05, 0.1) is 0 Å². The number of alkyl halides is 3. The summed E-state index contributed by atoms with van der Waals surface area (Å²) >= 11 is 0. The van der Waals surface area contributed by atoms with Gasteiger partial charge in [0, 0.05) is 25.7 Å². The second-order valence-electron chi connectivity index (χ2n) is 5.06. The number of ether oxygens (including phenoxy) is 1. The molecule has 0 aliphatic heterocycles. The maximum absolute atomic E-state index is 12.9. The molecule has 0 saturated heterocycles. The monoisotopic (exact) mass is 483 g/mol. The summed E-state index contributed by atoms with van der Waals surface area (Å²) in [7, 11) is 1.54. The van der Waals surface area contributed by atoms with Gasteiger partial charge in [-0.3, -0.25) is 4.99 Å². The molecule has 0 aromatic heterocycles. The van der Waals surface area contributed by atoms with Crippen molar-refractivity contribution in [2.45, 2.75) is 19.5 Å². The summed E-state index contributed by atoms with van der Waals surface area (Å²) in [6.45, 7) is 0.482. The number of para-hydroxylation sites is 1. The van der Waals surface area contributed by atoms with Crippen molar-refractivity contribution in [1.82, 2.24) is 10.6 Å². The highest BCUT2D eigenvalue weighted by Gasteiger charge is 2.31. The van der Waals surface area contributed by atoms with Gasteiger partial charge in [0.25, 0.3) is 0 Å². The quantitative estimate of drug-likeness (QED) is 0.290. The molecule has 0 saturated carbocycles.